The van der Waals surface area contributed by atoms with E-state index < -0.39 is 0 Å². The number of aromatic nitrogens is 2. The average Bonchev–Trinajstić information content (AvgIpc) is 2.66. The summed E-state index contributed by atoms with van der Waals surface area (Å²) in [4.78, 5) is 0. The van der Waals surface area contributed by atoms with Crippen LogP contribution in [-0.2, 0) is 6.42 Å². The zero-order chi connectivity index (χ0) is 11.3. The minimum absolute atomic E-state index is 0.648. The number of aromatic amines is 1. The lowest BCUT2D eigenvalue weighted by Gasteiger charge is -2.13. The highest BCUT2D eigenvalue weighted by Gasteiger charge is 2.47. The summed E-state index contributed by atoms with van der Waals surface area (Å²) in [5, 5.41) is 7.39. The number of nitrogen functional groups attached to an aromatic ring is 1. The van der Waals surface area contributed by atoms with Gasteiger partial charge in [0.05, 0.1) is 0 Å². The Labute approximate surface area is 96.8 Å². The predicted octanol–water partition coefficient (Wildman–Crippen LogP) is 2.70. The van der Waals surface area contributed by atoms with Gasteiger partial charge in [0.25, 0.3) is 0 Å². The van der Waals surface area contributed by atoms with Crippen molar-refractivity contribution in [2.24, 2.45) is 17.8 Å². The molecular formula is C13H21N3. The molecule has 3 N–H and O–H groups in total. The molecule has 1 aromatic rings. The van der Waals surface area contributed by atoms with Crippen LogP contribution in [-0.4, -0.2) is 10.2 Å². The normalized spacial score (nSPS) is 32.1. The van der Waals surface area contributed by atoms with Crippen molar-refractivity contribution in [2.75, 3.05) is 5.73 Å². The first-order valence-corrected chi connectivity index (χ1v) is 6.47. The van der Waals surface area contributed by atoms with E-state index in [1.54, 1.807) is 0 Å². The van der Waals surface area contributed by atoms with Gasteiger partial charge in [0.15, 0.2) is 0 Å². The monoisotopic (exact) mass is 219 g/mol. The molecule has 88 valence electrons. The second-order valence-corrected chi connectivity index (χ2v) is 6.02. The molecule has 2 saturated carbocycles. The van der Waals surface area contributed by atoms with Gasteiger partial charge in [0, 0.05) is 17.2 Å². The zero-order valence-corrected chi connectivity index (χ0v) is 10.2. The van der Waals surface area contributed by atoms with Crippen LogP contribution >= 0.6 is 0 Å². The molecule has 0 aromatic carbocycles. The standard InChI is InChI=1S/C13H21N3/c1-7(2)3-11-12(15-16-13(11)14)10-5-8-4-9(8)6-10/h7-10H,3-6H2,1-2H3,(H3,14,15,16). The number of hydrogen-bond acceptors (Lipinski definition) is 2. The van der Waals surface area contributed by atoms with Crippen molar-refractivity contribution in [3.8, 4) is 0 Å². The van der Waals surface area contributed by atoms with Crippen LogP contribution in [0.5, 0.6) is 0 Å². The Morgan fingerprint density at radius 3 is 2.62 bits per heavy atom. The summed E-state index contributed by atoms with van der Waals surface area (Å²) in [6.07, 6.45) is 5.25. The third kappa shape index (κ3) is 1.62. The fraction of sp³-hybridized carbons (Fsp3) is 0.769. The van der Waals surface area contributed by atoms with Crippen LogP contribution in [0.15, 0.2) is 0 Å². The lowest BCUT2D eigenvalue weighted by molar-refractivity contribution is 0.586. The van der Waals surface area contributed by atoms with Gasteiger partial charge in [-0.25, -0.2) is 0 Å². The largest absolute Gasteiger partial charge is 0.382 e. The third-order valence-electron chi connectivity index (χ3n) is 4.20. The van der Waals surface area contributed by atoms with Crippen molar-refractivity contribution in [1.29, 1.82) is 0 Å². The van der Waals surface area contributed by atoms with Gasteiger partial charge in [-0.2, -0.15) is 5.10 Å². The first-order valence-electron chi connectivity index (χ1n) is 6.47. The molecule has 2 fully saturated rings. The summed E-state index contributed by atoms with van der Waals surface area (Å²) in [6.45, 7) is 4.48. The van der Waals surface area contributed by atoms with Crippen LogP contribution in [0.3, 0.4) is 0 Å². The van der Waals surface area contributed by atoms with Crippen molar-refractivity contribution < 1.29 is 0 Å². The number of H-pyrrole nitrogens is 1. The van der Waals surface area contributed by atoms with Gasteiger partial charge in [0.2, 0.25) is 0 Å². The highest BCUT2D eigenvalue weighted by Crippen LogP contribution is 2.57. The number of nitrogens with one attached hydrogen (secondary N) is 1. The summed E-state index contributed by atoms with van der Waals surface area (Å²) in [5.74, 6) is 4.11. The van der Waals surface area contributed by atoms with E-state index in [-0.39, 0.29) is 0 Å². The van der Waals surface area contributed by atoms with Crippen LogP contribution in [0, 0.1) is 17.8 Å². The van der Waals surface area contributed by atoms with Crippen LogP contribution in [0.25, 0.3) is 0 Å². The van der Waals surface area contributed by atoms with Gasteiger partial charge in [-0.15, -0.1) is 0 Å². The van der Waals surface area contributed by atoms with Gasteiger partial charge < -0.3 is 5.73 Å². The molecule has 3 rings (SSSR count). The Morgan fingerprint density at radius 1 is 1.31 bits per heavy atom. The van der Waals surface area contributed by atoms with Gasteiger partial charge >= 0.3 is 0 Å². The molecule has 0 saturated heterocycles. The first-order chi connectivity index (χ1) is 7.65. The van der Waals surface area contributed by atoms with Crippen LogP contribution in [0.2, 0.25) is 0 Å². The van der Waals surface area contributed by atoms with E-state index in [2.05, 4.69) is 24.0 Å². The Hall–Kier alpha value is -0.990. The van der Waals surface area contributed by atoms with Crippen molar-refractivity contribution in [2.45, 2.75) is 45.4 Å². The molecular weight excluding hydrogens is 198 g/mol. The van der Waals surface area contributed by atoms with E-state index in [1.165, 1.54) is 30.5 Å². The number of nitrogens with two attached hydrogens (primary N) is 1. The first kappa shape index (κ1) is 10.2. The van der Waals surface area contributed by atoms with E-state index in [4.69, 9.17) is 5.73 Å². The van der Waals surface area contributed by atoms with Crippen LogP contribution in [0.4, 0.5) is 5.82 Å². The van der Waals surface area contributed by atoms with E-state index in [0.717, 1.165) is 24.1 Å². The smallest absolute Gasteiger partial charge is 0.148 e. The summed E-state index contributed by atoms with van der Waals surface area (Å²) in [5.41, 5.74) is 8.60. The maximum absolute atomic E-state index is 5.96. The quantitative estimate of drug-likeness (QED) is 0.821. The second kappa shape index (κ2) is 3.51. The molecule has 1 heterocycles. The molecule has 2 aliphatic rings. The minimum Gasteiger partial charge on any atom is -0.382 e. The number of anilines is 1. The highest BCUT2D eigenvalue weighted by molar-refractivity contribution is 5.44. The molecule has 2 unspecified atom stereocenters. The highest BCUT2D eigenvalue weighted by atomic mass is 15.2. The summed E-state index contributed by atoms with van der Waals surface area (Å²) in [6, 6.07) is 0. The third-order valence-corrected chi connectivity index (χ3v) is 4.20. The van der Waals surface area contributed by atoms with E-state index >= 15 is 0 Å². The average molecular weight is 219 g/mol. The van der Waals surface area contributed by atoms with Crippen molar-refractivity contribution in [3.05, 3.63) is 11.3 Å². The summed E-state index contributed by atoms with van der Waals surface area (Å²) < 4.78 is 0. The summed E-state index contributed by atoms with van der Waals surface area (Å²) >= 11 is 0. The van der Waals surface area contributed by atoms with E-state index in [1.807, 2.05) is 0 Å². The molecule has 1 aromatic heterocycles. The molecule has 0 spiro atoms. The fourth-order valence-corrected chi connectivity index (χ4v) is 3.30. The van der Waals surface area contributed by atoms with E-state index in [0.29, 0.717) is 11.8 Å². The van der Waals surface area contributed by atoms with Crippen molar-refractivity contribution in [1.82, 2.24) is 10.2 Å². The van der Waals surface area contributed by atoms with Gasteiger partial charge in [-0.05, 0) is 43.4 Å². The van der Waals surface area contributed by atoms with Crippen LogP contribution < -0.4 is 5.73 Å². The van der Waals surface area contributed by atoms with E-state index in [9.17, 15) is 0 Å². The molecule has 0 amide bonds. The van der Waals surface area contributed by atoms with Crippen LogP contribution in [0.1, 0.15) is 50.3 Å². The zero-order valence-electron chi connectivity index (χ0n) is 10.2. The molecule has 2 aliphatic carbocycles. The summed E-state index contributed by atoms with van der Waals surface area (Å²) in [7, 11) is 0. The van der Waals surface area contributed by atoms with Crippen molar-refractivity contribution >= 4 is 5.82 Å². The fourth-order valence-electron chi connectivity index (χ4n) is 3.30. The lowest BCUT2D eigenvalue weighted by atomic mass is 9.92. The molecule has 0 radical (unpaired) electrons. The Kier molecular flexibility index (Phi) is 2.23. The van der Waals surface area contributed by atoms with Crippen molar-refractivity contribution in [3.63, 3.8) is 0 Å². The molecule has 3 nitrogen and oxygen atoms in total. The Bertz CT molecular complexity index is 384. The SMILES string of the molecule is CC(C)Cc1c(N)n[nH]c1C1CC2CC2C1. The van der Waals surface area contributed by atoms with Gasteiger partial charge in [0.1, 0.15) is 5.82 Å². The molecule has 16 heavy (non-hydrogen) atoms. The molecule has 0 aliphatic heterocycles. The molecule has 3 heteroatoms. The number of rotatable bonds is 3. The Morgan fingerprint density at radius 2 is 2.00 bits per heavy atom. The van der Waals surface area contributed by atoms with Gasteiger partial charge in [-0.3, -0.25) is 5.10 Å². The Balaban J connectivity index is 1.83. The molecule has 2 atom stereocenters. The maximum atomic E-state index is 5.96. The van der Waals surface area contributed by atoms with Gasteiger partial charge in [-0.1, -0.05) is 13.8 Å². The second-order valence-electron chi connectivity index (χ2n) is 6.02. The lowest BCUT2D eigenvalue weighted by Crippen LogP contribution is -2.04. The maximum Gasteiger partial charge on any atom is 0.148 e. The number of fused-ring (bicyclic) bond motifs is 1. The minimum atomic E-state index is 0.648. The number of hydrogen-bond donors (Lipinski definition) is 2. The topological polar surface area (TPSA) is 54.7 Å². The molecule has 0 bridgehead atoms. The predicted molar refractivity (Wildman–Crippen MR) is 65.1 cm³/mol. The number of nitrogens with zero attached hydrogens (tertiary/aromatic N) is 1.